The fourth-order valence-electron chi connectivity index (χ4n) is 2.10. The molecule has 0 fully saturated rings. The first-order chi connectivity index (χ1) is 9.26. The Kier molecular flexibility index (Phi) is 4.96. The maximum atomic E-state index is 13.7. The van der Waals surface area contributed by atoms with Gasteiger partial charge in [-0.3, -0.25) is 11.3 Å². The van der Waals surface area contributed by atoms with E-state index in [1.54, 1.807) is 23.9 Å². The van der Waals surface area contributed by atoms with Gasteiger partial charge in [0.25, 0.3) is 0 Å². The molecule has 2 aromatic carbocycles. The SMILES string of the molecule is CSc1ccccc1C(Cc1ccccc1F)NN. The zero-order valence-electron chi connectivity index (χ0n) is 10.8. The third-order valence-corrected chi connectivity index (χ3v) is 3.91. The zero-order chi connectivity index (χ0) is 13.7. The van der Waals surface area contributed by atoms with E-state index in [0.29, 0.717) is 12.0 Å². The monoisotopic (exact) mass is 276 g/mol. The first-order valence-corrected chi connectivity index (χ1v) is 7.31. The second kappa shape index (κ2) is 6.70. The summed E-state index contributed by atoms with van der Waals surface area (Å²) in [5, 5.41) is 0. The minimum atomic E-state index is -0.190. The molecule has 0 radical (unpaired) electrons. The van der Waals surface area contributed by atoms with Crippen molar-refractivity contribution in [2.45, 2.75) is 17.4 Å². The molecule has 2 nitrogen and oxygen atoms in total. The van der Waals surface area contributed by atoms with Crippen LogP contribution in [0.5, 0.6) is 0 Å². The van der Waals surface area contributed by atoms with E-state index >= 15 is 0 Å². The van der Waals surface area contributed by atoms with Crippen LogP contribution >= 0.6 is 11.8 Å². The second-order valence-electron chi connectivity index (χ2n) is 4.26. The fourth-order valence-corrected chi connectivity index (χ4v) is 2.76. The van der Waals surface area contributed by atoms with Crippen LogP contribution in [0.25, 0.3) is 0 Å². The molecule has 0 saturated carbocycles. The number of nitrogens with two attached hydrogens (primary N) is 1. The largest absolute Gasteiger partial charge is 0.271 e. The summed E-state index contributed by atoms with van der Waals surface area (Å²) in [7, 11) is 0. The minimum Gasteiger partial charge on any atom is -0.271 e. The highest BCUT2D eigenvalue weighted by Crippen LogP contribution is 2.28. The van der Waals surface area contributed by atoms with E-state index in [2.05, 4.69) is 5.43 Å². The number of hydrazine groups is 1. The Bertz CT molecular complexity index is 545. The first kappa shape index (κ1) is 14.1. The molecule has 4 heteroatoms. The van der Waals surface area contributed by atoms with Crippen molar-refractivity contribution in [3.63, 3.8) is 0 Å². The molecule has 2 rings (SSSR count). The molecule has 100 valence electrons. The van der Waals surface area contributed by atoms with Gasteiger partial charge in [0, 0.05) is 4.90 Å². The van der Waals surface area contributed by atoms with Crippen LogP contribution in [0.15, 0.2) is 53.4 Å². The van der Waals surface area contributed by atoms with Gasteiger partial charge in [0.2, 0.25) is 0 Å². The van der Waals surface area contributed by atoms with E-state index in [1.807, 2.05) is 36.6 Å². The Labute approximate surface area is 117 Å². The van der Waals surface area contributed by atoms with Gasteiger partial charge in [-0.1, -0.05) is 36.4 Å². The molecule has 0 aromatic heterocycles. The zero-order valence-corrected chi connectivity index (χ0v) is 11.6. The summed E-state index contributed by atoms with van der Waals surface area (Å²) in [6, 6.07) is 14.7. The van der Waals surface area contributed by atoms with E-state index in [9.17, 15) is 4.39 Å². The molecule has 2 aromatic rings. The van der Waals surface area contributed by atoms with Crippen LogP contribution in [0.2, 0.25) is 0 Å². The Morgan fingerprint density at radius 3 is 2.53 bits per heavy atom. The molecule has 0 amide bonds. The average Bonchev–Trinajstić information content (AvgIpc) is 2.46. The molecule has 0 bridgehead atoms. The van der Waals surface area contributed by atoms with Crippen LogP contribution in [0.1, 0.15) is 17.2 Å². The van der Waals surface area contributed by atoms with Gasteiger partial charge in [-0.15, -0.1) is 11.8 Å². The molecule has 1 unspecified atom stereocenters. The maximum absolute atomic E-state index is 13.7. The molecular weight excluding hydrogens is 259 g/mol. The Hall–Kier alpha value is -1.36. The Balaban J connectivity index is 2.28. The lowest BCUT2D eigenvalue weighted by Gasteiger charge is -2.19. The first-order valence-electron chi connectivity index (χ1n) is 6.08. The molecule has 0 spiro atoms. The number of benzene rings is 2. The van der Waals surface area contributed by atoms with Crippen molar-refractivity contribution < 1.29 is 4.39 Å². The third kappa shape index (κ3) is 3.35. The van der Waals surface area contributed by atoms with Crippen LogP contribution in [0, 0.1) is 5.82 Å². The summed E-state index contributed by atoms with van der Waals surface area (Å²) in [4.78, 5) is 1.15. The molecule has 0 heterocycles. The lowest BCUT2D eigenvalue weighted by molar-refractivity contribution is 0.523. The topological polar surface area (TPSA) is 38.0 Å². The van der Waals surface area contributed by atoms with Gasteiger partial charge in [0.1, 0.15) is 5.82 Å². The fraction of sp³-hybridized carbons (Fsp3) is 0.200. The van der Waals surface area contributed by atoms with Crippen molar-refractivity contribution in [1.82, 2.24) is 5.43 Å². The van der Waals surface area contributed by atoms with Crippen LogP contribution in [-0.4, -0.2) is 6.26 Å². The standard InChI is InChI=1S/C15H17FN2S/c1-19-15-9-5-3-7-12(15)14(18-17)10-11-6-2-4-8-13(11)16/h2-9,14,18H,10,17H2,1H3. The molecule has 0 saturated heterocycles. The number of hydrogen-bond donors (Lipinski definition) is 2. The highest BCUT2D eigenvalue weighted by molar-refractivity contribution is 7.98. The van der Waals surface area contributed by atoms with Crippen molar-refractivity contribution in [2.24, 2.45) is 5.84 Å². The molecule has 0 aliphatic heterocycles. The third-order valence-electron chi connectivity index (χ3n) is 3.10. The Morgan fingerprint density at radius 2 is 1.84 bits per heavy atom. The highest BCUT2D eigenvalue weighted by atomic mass is 32.2. The molecule has 0 aliphatic carbocycles. The van der Waals surface area contributed by atoms with Crippen LogP contribution in [0.4, 0.5) is 4.39 Å². The summed E-state index contributed by atoms with van der Waals surface area (Å²) in [5.74, 6) is 5.45. The van der Waals surface area contributed by atoms with Crippen molar-refractivity contribution in [2.75, 3.05) is 6.26 Å². The highest BCUT2D eigenvalue weighted by Gasteiger charge is 2.15. The summed E-state index contributed by atoms with van der Waals surface area (Å²) in [5.41, 5.74) is 4.55. The van der Waals surface area contributed by atoms with Crippen molar-refractivity contribution in [3.8, 4) is 0 Å². The lowest BCUT2D eigenvalue weighted by Crippen LogP contribution is -2.30. The summed E-state index contributed by atoms with van der Waals surface area (Å²) in [6.07, 6.45) is 2.55. The maximum Gasteiger partial charge on any atom is 0.126 e. The smallest absolute Gasteiger partial charge is 0.126 e. The van der Waals surface area contributed by atoms with Gasteiger partial charge >= 0.3 is 0 Å². The molecule has 19 heavy (non-hydrogen) atoms. The van der Waals surface area contributed by atoms with Gasteiger partial charge in [-0.25, -0.2) is 4.39 Å². The van der Waals surface area contributed by atoms with E-state index in [4.69, 9.17) is 5.84 Å². The second-order valence-corrected chi connectivity index (χ2v) is 5.10. The predicted molar refractivity (Wildman–Crippen MR) is 78.4 cm³/mol. The van der Waals surface area contributed by atoms with Crippen LogP contribution in [0.3, 0.4) is 0 Å². The van der Waals surface area contributed by atoms with E-state index in [-0.39, 0.29) is 11.9 Å². The van der Waals surface area contributed by atoms with Crippen molar-refractivity contribution in [3.05, 3.63) is 65.5 Å². The molecule has 1 atom stereocenters. The van der Waals surface area contributed by atoms with Crippen molar-refractivity contribution in [1.29, 1.82) is 0 Å². The number of nitrogens with one attached hydrogen (secondary N) is 1. The predicted octanol–water partition coefficient (Wildman–Crippen LogP) is 3.29. The van der Waals surface area contributed by atoms with E-state index in [1.165, 1.54) is 6.07 Å². The number of thioether (sulfide) groups is 1. The lowest BCUT2D eigenvalue weighted by atomic mass is 9.99. The summed E-state index contributed by atoms with van der Waals surface area (Å²) in [6.45, 7) is 0. The molecule has 0 aliphatic rings. The van der Waals surface area contributed by atoms with Crippen LogP contribution < -0.4 is 11.3 Å². The van der Waals surface area contributed by atoms with Gasteiger partial charge in [0.15, 0.2) is 0 Å². The number of hydrogen-bond acceptors (Lipinski definition) is 3. The summed E-state index contributed by atoms with van der Waals surface area (Å²) >= 11 is 1.66. The number of rotatable bonds is 5. The van der Waals surface area contributed by atoms with Gasteiger partial charge in [0.05, 0.1) is 6.04 Å². The summed E-state index contributed by atoms with van der Waals surface area (Å²) < 4.78 is 13.7. The quantitative estimate of drug-likeness (QED) is 0.500. The van der Waals surface area contributed by atoms with Gasteiger partial charge in [-0.2, -0.15) is 0 Å². The van der Waals surface area contributed by atoms with Crippen molar-refractivity contribution >= 4 is 11.8 Å². The molecule has 3 N–H and O–H groups in total. The minimum absolute atomic E-state index is 0.0967. The van der Waals surface area contributed by atoms with Gasteiger partial charge < -0.3 is 0 Å². The average molecular weight is 276 g/mol. The van der Waals surface area contributed by atoms with Gasteiger partial charge in [-0.05, 0) is 35.9 Å². The number of halogens is 1. The van der Waals surface area contributed by atoms with E-state index < -0.39 is 0 Å². The normalized spacial score (nSPS) is 12.4. The van der Waals surface area contributed by atoms with Crippen LogP contribution in [-0.2, 0) is 6.42 Å². The Morgan fingerprint density at radius 1 is 1.16 bits per heavy atom. The molecular formula is C15H17FN2S. The van der Waals surface area contributed by atoms with E-state index in [0.717, 1.165) is 10.5 Å².